The average molecular weight is 362 g/mol. The molecule has 0 bridgehead atoms. The van der Waals surface area contributed by atoms with E-state index in [1.54, 1.807) is 10.9 Å². The van der Waals surface area contributed by atoms with Gasteiger partial charge in [-0.05, 0) is 50.6 Å². The van der Waals surface area contributed by atoms with Crippen molar-refractivity contribution in [1.82, 2.24) is 14.5 Å². The fourth-order valence-electron chi connectivity index (χ4n) is 3.81. The van der Waals surface area contributed by atoms with Gasteiger partial charge in [-0.3, -0.25) is 14.3 Å². The summed E-state index contributed by atoms with van der Waals surface area (Å²) in [7, 11) is 0. The Morgan fingerprint density at radius 1 is 1.00 bits per heavy atom. The smallest absolute Gasteiger partial charge is 0.265 e. The van der Waals surface area contributed by atoms with Crippen LogP contribution in [0.25, 0.3) is 16.6 Å². The highest BCUT2D eigenvalue weighted by atomic mass is 16.1. The Morgan fingerprint density at radius 3 is 2.44 bits per heavy atom. The first-order valence-corrected chi connectivity index (χ1v) is 9.61. The highest BCUT2D eigenvalue weighted by molar-refractivity contribution is 5.82. The van der Waals surface area contributed by atoms with E-state index in [2.05, 4.69) is 34.7 Å². The molecule has 1 aliphatic rings. The lowest BCUT2D eigenvalue weighted by atomic mass is 10.1. The molecule has 2 heterocycles. The highest BCUT2D eigenvalue weighted by Gasteiger charge is 2.19. The SMILES string of the molecule is Cc1ccccc1-n1cnc2ccc(N3CCN(C(C)C)CC3)cc2c1=O. The van der Waals surface area contributed by atoms with Gasteiger partial charge in [0.15, 0.2) is 0 Å². The Morgan fingerprint density at radius 2 is 1.74 bits per heavy atom. The van der Waals surface area contributed by atoms with Crippen LogP contribution in [-0.2, 0) is 0 Å². The van der Waals surface area contributed by atoms with E-state index in [0.717, 1.165) is 48.6 Å². The molecule has 5 nitrogen and oxygen atoms in total. The van der Waals surface area contributed by atoms with Crippen LogP contribution in [0.15, 0.2) is 53.6 Å². The van der Waals surface area contributed by atoms with E-state index >= 15 is 0 Å². The van der Waals surface area contributed by atoms with Crippen LogP contribution in [0, 0.1) is 6.92 Å². The van der Waals surface area contributed by atoms with E-state index < -0.39 is 0 Å². The third-order valence-electron chi connectivity index (χ3n) is 5.53. The molecular formula is C22H26N4O. The van der Waals surface area contributed by atoms with Gasteiger partial charge in [-0.2, -0.15) is 0 Å². The number of aryl methyl sites for hydroxylation is 1. The standard InChI is InChI=1S/C22H26N4O/c1-16(2)24-10-12-25(13-11-24)18-8-9-20-19(14-18)22(27)26(15-23-20)21-7-5-4-6-17(21)3/h4-9,14-16H,10-13H2,1-3H3. The molecule has 0 N–H and O–H groups in total. The number of aromatic nitrogens is 2. The maximum atomic E-state index is 13.2. The van der Waals surface area contributed by atoms with Gasteiger partial charge in [-0.25, -0.2) is 4.98 Å². The van der Waals surface area contributed by atoms with E-state index in [-0.39, 0.29) is 5.56 Å². The predicted octanol–water partition coefficient (Wildman–Crippen LogP) is 3.22. The molecule has 0 aliphatic carbocycles. The number of fused-ring (bicyclic) bond motifs is 1. The summed E-state index contributed by atoms with van der Waals surface area (Å²) in [6, 6.07) is 14.5. The molecule has 0 unspecified atom stereocenters. The summed E-state index contributed by atoms with van der Waals surface area (Å²) in [5.74, 6) is 0. The maximum absolute atomic E-state index is 13.2. The topological polar surface area (TPSA) is 41.4 Å². The lowest BCUT2D eigenvalue weighted by Gasteiger charge is -2.38. The Kier molecular flexibility index (Phi) is 4.70. The van der Waals surface area contributed by atoms with Crippen LogP contribution in [-0.4, -0.2) is 46.7 Å². The van der Waals surface area contributed by atoms with E-state index in [1.807, 2.05) is 43.3 Å². The third-order valence-corrected chi connectivity index (χ3v) is 5.53. The zero-order valence-corrected chi connectivity index (χ0v) is 16.2. The molecule has 4 rings (SSSR count). The van der Waals surface area contributed by atoms with Crippen molar-refractivity contribution in [2.24, 2.45) is 0 Å². The highest BCUT2D eigenvalue weighted by Crippen LogP contribution is 2.21. The molecule has 140 valence electrons. The van der Waals surface area contributed by atoms with Gasteiger partial charge in [0.2, 0.25) is 0 Å². The summed E-state index contributed by atoms with van der Waals surface area (Å²) in [6.45, 7) is 10.6. The molecule has 1 saturated heterocycles. The number of piperazine rings is 1. The molecule has 0 spiro atoms. The first-order valence-electron chi connectivity index (χ1n) is 9.61. The fraction of sp³-hybridized carbons (Fsp3) is 0.364. The molecule has 0 radical (unpaired) electrons. The van der Waals surface area contributed by atoms with Crippen molar-refractivity contribution in [2.45, 2.75) is 26.8 Å². The van der Waals surface area contributed by atoms with Gasteiger partial charge in [0.1, 0.15) is 6.33 Å². The molecule has 5 heteroatoms. The molecule has 1 aliphatic heterocycles. The van der Waals surface area contributed by atoms with Crippen LogP contribution in [0.4, 0.5) is 5.69 Å². The van der Waals surface area contributed by atoms with Crippen molar-refractivity contribution < 1.29 is 0 Å². The second-order valence-corrected chi connectivity index (χ2v) is 7.52. The lowest BCUT2D eigenvalue weighted by Crippen LogP contribution is -2.48. The Hall–Kier alpha value is -2.66. The number of para-hydroxylation sites is 1. The number of benzene rings is 2. The van der Waals surface area contributed by atoms with Crippen molar-refractivity contribution in [3.63, 3.8) is 0 Å². The van der Waals surface area contributed by atoms with E-state index in [9.17, 15) is 4.79 Å². The van der Waals surface area contributed by atoms with Crippen LogP contribution in [0.2, 0.25) is 0 Å². The fourth-order valence-corrected chi connectivity index (χ4v) is 3.81. The Labute approximate surface area is 159 Å². The number of nitrogens with zero attached hydrogens (tertiary/aromatic N) is 4. The summed E-state index contributed by atoms with van der Waals surface area (Å²) in [6.07, 6.45) is 1.63. The normalized spacial score (nSPS) is 15.6. The van der Waals surface area contributed by atoms with Crippen LogP contribution in [0.1, 0.15) is 19.4 Å². The van der Waals surface area contributed by atoms with E-state index in [1.165, 1.54) is 0 Å². The Bertz CT molecular complexity index is 1020. The zero-order valence-electron chi connectivity index (χ0n) is 16.2. The molecule has 0 atom stereocenters. The molecule has 3 aromatic rings. The van der Waals surface area contributed by atoms with Crippen molar-refractivity contribution in [3.8, 4) is 5.69 Å². The van der Waals surface area contributed by atoms with Gasteiger partial charge in [-0.15, -0.1) is 0 Å². The molecule has 0 amide bonds. The average Bonchev–Trinajstić information content (AvgIpc) is 2.69. The third kappa shape index (κ3) is 3.35. The second kappa shape index (κ2) is 7.16. The van der Waals surface area contributed by atoms with Gasteiger partial charge in [0.05, 0.1) is 16.6 Å². The van der Waals surface area contributed by atoms with Gasteiger partial charge < -0.3 is 4.90 Å². The maximum Gasteiger partial charge on any atom is 0.265 e. The predicted molar refractivity (Wildman–Crippen MR) is 111 cm³/mol. The lowest BCUT2D eigenvalue weighted by molar-refractivity contribution is 0.209. The van der Waals surface area contributed by atoms with Crippen LogP contribution in [0.3, 0.4) is 0 Å². The van der Waals surface area contributed by atoms with Crippen LogP contribution >= 0.6 is 0 Å². The van der Waals surface area contributed by atoms with Gasteiger partial charge in [-0.1, -0.05) is 18.2 Å². The number of hydrogen-bond donors (Lipinski definition) is 0. The number of rotatable bonds is 3. The van der Waals surface area contributed by atoms with Crippen molar-refractivity contribution in [3.05, 3.63) is 64.7 Å². The minimum absolute atomic E-state index is 0.0167. The molecule has 27 heavy (non-hydrogen) atoms. The minimum Gasteiger partial charge on any atom is -0.369 e. The summed E-state index contributed by atoms with van der Waals surface area (Å²) in [5, 5.41) is 0.671. The van der Waals surface area contributed by atoms with Gasteiger partial charge in [0.25, 0.3) is 5.56 Å². The summed E-state index contributed by atoms with van der Waals surface area (Å²) in [4.78, 5) is 22.5. The molecule has 0 saturated carbocycles. The van der Waals surface area contributed by atoms with E-state index in [4.69, 9.17) is 0 Å². The van der Waals surface area contributed by atoms with E-state index in [0.29, 0.717) is 11.4 Å². The molecule has 1 fully saturated rings. The number of hydrogen-bond acceptors (Lipinski definition) is 4. The van der Waals surface area contributed by atoms with Crippen molar-refractivity contribution in [2.75, 3.05) is 31.1 Å². The van der Waals surface area contributed by atoms with Crippen molar-refractivity contribution >= 4 is 16.6 Å². The Balaban J connectivity index is 1.71. The second-order valence-electron chi connectivity index (χ2n) is 7.52. The van der Waals surface area contributed by atoms with Crippen molar-refractivity contribution in [1.29, 1.82) is 0 Å². The van der Waals surface area contributed by atoms with Gasteiger partial charge >= 0.3 is 0 Å². The number of anilines is 1. The first-order chi connectivity index (χ1) is 13.0. The van der Waals surface area contributed by atoms with Crippen LogP contribution in [0.5, 0.6) is 0 Å². The summed E-state index contributed by atoms with van der Waals surface area (Å²) in [5.41, 5.74) is 3.77. The van der Waals surface area contributed by atoms with Crippen LogP contribution < -0.4 is 10.5 Å². The minimum atomic E-state index is -0.0167. The quantitative estimate of drug-likeness (QED) is 0.717. The molecule has 2 aromatic carbocycles. The zero-order chi connectivity index (χ0) is 19.0. The monoisotopic (exact) mass is 362 g/mol. The summed E-state index contributed by atoms with van der Waals surface area (Å²) < 4.78 is 1.65. The van der Waals surface area contributed by atoms with Gasteiger partial charge in [0, 0.05) is 37.9 Å². The molecular weight excluding hydrogens is 336 g/mol. The summed E-state index contributed by atoms with van der Waals surface area (Å²) >= 11 is 0. The largest absolute Gasteiger partial charge is 0.369 e. The first kappa shape index (κ1) is 17.7. The molecule has 1 aromatic heterocycles.